The van der Waals surface area contributed by atoms with Gasteiger partial charge in [-0.1, -0.05) is 0 Å². The van der Waals surface area contributed by atoms with Crippen molar-refractivity contribution in [3.8, 4) is 0 Å². The molecule has 0 saturated heterocycles. The van der Waals surface area contributed by atoms with Crippen molar-refractivity contribution in [3.63, 3.8) is 0 Å². The molecule has 0 aliphatic heterocycles. The minimum atomic E-state index is 0.227. The number of rotatable bonds is 5. The quantitative estimate of drug-likeness (QED) is 0.670. The summed E-state index contributed by atoms with van der Waals surface area (Å²) in [5.74, 6) is 0.683. The maximum atomic E-state index is 5.67. The lowest BCUT2D eigenvalue weighted by molar-refractivity contribution is 0.0870. The van der Waals surface area contributed by atoms with Crippen LogP contribution >= 0.6 is 27.5 Å². The molecule has 0 unspecified atom stereocenters. The lowest BCUT2D eigenvalue weighted by atomic mass is 10.5. The van der Waals surface area contributed by atoms with E-state index in [4.69, 9.17) is 16.3 Å². The normalized spacial score (nSPS) is 10.7. The van der Waals surface area contributed by atoms with Crippen molar-refractivity contribution >= 4 is 33.3 Å². The number of ether oxygens (including phenoxy) is 1. The summed E-state index contributed by atoms with van der Waals surface area (Å²) >= 11 is 8.99. The molecule has 1 aromatic heterocycles. The highest BCUT2D eigenvalue weighted by Gasteiger charge is 2.02. The van der Waals surface area contributed by atoms with Crippen LogP contribution < -0.4 is 5.32 Å². The molecule has 1 N–H and O–H groups in total. The van der Waals surface area contributed by atoms with E-state index in [1.54, 1.807) is 6.20 Å². The van der Waals surface area contributed by atoms with E-state index in [0.29, 0.717) is 19.0 Å². The van der Waals surface area contributed by atoms with Crippen LogP contribution in [0.15, 0.2) is 10.7 Å². The first-order valence-electron chi connectivity index (χ1n) is 4.63. The second-order valence-corrected chi connectivity index (χ2v) is 4.37. The highest BCUT2D eigenvalue weighted by Crippen LogP contribution is 2.19. The van der Waals surface area contributed by atoms with Crippen LogP contribution in [0.3, 0.4) is 0 Å². The van der Waals surface area contributed by atoms with E-state index in [1.165, 1.54) is 0 Å². The van der Waals surface area contributed by atoms with Gasteiger partial charge in [-0.25, -0.2) is 4.98 Å². The van der Waals surface area contributed by atoms with Gasteiger partial charge in [0.2, 0.25) is 5.28 Å². The number of hydrogen-bond donors (Lipinski definition) is 1. The van der Waals surface area contributed by atoms with Gasteiger partial charge >= 0.3 is 0 Å². The number of nitrogens with zero attached hydrogens (tertiary/aromatic N) is 2. The fraction of sp³-hybridized carbons (Fsp3) is 0.556. The fourth-order valence-corrected chi connectivity index (χ4v) is 1.40. The predicted molar refractivity (Wildman–Crippen MR) is 64.3 cm³/mol. The topological polar surface area (TPSA) is 47.0 Å². The van der Waals surface area contributed by atoms with E-state index in [2.05, 4.69) is 31.2 Å². The van der Waals surface area contributed by atoms with Gasteiger partial charge in [0, 0.05) is 12.7 Å². The molecular weight excluding hydrogens is 281 g/mol. The van der Waals surface area contributed by atoms with Gasteiger partial charge in [0.05, 0.1) is 17.2 Å². The van der Waals surface area contributed by atoms with E-state index < -0.39 is 0 Å². The average Bonchev–Trinajstić information content (AvgIpc) is 2.17. The SMILES string of the molecule is CC(C)OCCNc1nc(Cl)ncc1Br. The zero-order valence-electron chi connectivity index (χ0n) is 8.63. The summed E-state index contributed by atoms with van der Waals surface area (Å²) in [6.07, 6.45) is 1.85. The highest BCUT2D eigenvalue weighted by atomic mass is 79.9. The number of halogens is 2. The van der Waals surface area contributed by atoms with E-state index in [0.717, 1.165) is 4.47 Å². The Kier molecular flexibility index (Phi) is 5.28. The van der Waals surface area contributed by atoms with E-state index in [9.17, 15) is 0 Å². The number of nitrogens with one attached hydrogen (secondary N) is 1. The summed E-state index contributed by atoms with van der Waals surface area (Å²) < 4.78 is 6.17. The Labute approximate surface area is 103 Å². The summed E-state index contributed by atoms with van der Waals surface area (Å²) in [6, 6.07) is 0. The Morgan fingerprint density at radius 1 is 1.60 bits per heavy atom. The smallest absolute Gasteiger partial charge is 0.224 e. The zero-order valence-corrected chi connectivity index (χ0v) is 11.0. The number of hydrogen-bond acceptors (Lipinski definition) is 4. The van der Waals surface area contributed by atoms with Crippen LogP contribution in [0.1, 0.15) is 13.8 Å². The molecule has 1 rings (SSSR count). The van der Waals surface area contributed by atoms with Crippen LogP contribution in [-0.4, -0.2) is 29.2 Å². The van der Waals surface area contributed by atoms with Crippen molar-refractivity contribution < 1.29 is 4.74 Å². The molecule has 6 heteroatoms. The van der Waals surface area contributed by atoms with Gasteiger partial charge in [-0.05, 0) is 41.4 Å². The summed E-state index contributed by atoms with van der Waals surface area (Å²) in [4.78, 5) is 7.86. The number of aromatic nitrogens is 2. The summed E-state index contributed by atoms with van der Waals surface area (Å²) in [6.45, 7) is 5.31. The van der Waals surface area contributed by atoms with E-state index in [-0.39, 0.29) is 11.4 Å². The van der Waals surface area contributed by atoms with Crippen LogP contribution in [0.5, 0.6) is 0 Å². The van der Waals surface area contributed by atoms with E-state index in [1.807, 2.05) is 13.8 Å². The molecule has 0 fully saturated rings. The monoisotopic (exact) mass is 293 g/mol. The predicted octanol–water partition coefficient (Wildman–Crippen LogP) is 2.73. The molecule has 84 valence electrons. The molecular formula is C9H13BrClN3O. The third-order valence-electron chi connectivity index (χ3n) is 1.56. The molecule has 0 radical (unpaired) electrons. The van der Waals surface area contributed by atoms with Crippen LogP contribution in [0.4, 0.5) is 5.82 Å². The molecule has 15 heavy (non-hydrogen) atoms. The molecule has 0 saturated carbocycles. The minimum absolute atomic E-state index is 0.227. The van der Waals surface area contributed by atoms with Gasteiger partial charge in [0.1, 0.15) is 5.82 Å². The van der Waals surface area contributed by atoms with Gasteiger partial charge in [0.15, 0.2) is 0 Å². The Morgan fingerprint density at radius 3 is 3.00 bits per heavy atom. The Hall–Kier alpha value is -0.390. The molecule has 4 nitrogen and oxygen atoms in total. The minimum Gasteiger partial charge on any atom is -0.377 e. The van der Waals surface area contributed by atoms with Gasteiger partial charge in [-0.2, -0.15) is 4.98 Å². The Balaban J connectivity index is 2.40. The van der Waals surface area contributed by atoms with Crippen molar-refractivity contribution in [2.45, 2.75) is 20.0 Å². The summed E-state index contributed by atoms with van der Waals surface area (Å²) in [5, 5.41) is 3.33. The summed E-state index contributed by atoms with van der Waals surface area (Å²) in [5.41, 5.74) is 0. The maximum Gasteiger partial charge on any atom is 0.224 e. The number of anilines is 1. The second kappa shape index (κ2) is 6.25. The molecule has 0 aliphatic carbocycles. The lowest BCUT2D eigenvalue weighted by Gasteiger charge is -2.09. The van der Waals surface area contributed by atoms with Crippen molar-refractivity contribution in [1.29, 1.82) is 0 Å². The molecule has 1 aromatic rings. The highest BCUT2D eigenvalue weighted by molar-refractivity contribution is 9.10. The molecule has 0 amide bonds. The standard InChI is InChI=1S/C9H13BrClN3O/c1-6(2)15-4-3-12-8-7(10)5-13-9(11)14-8/h5-6H,3-4H2,1-2H3,(H,12,13,14). The molecule has 0 bridgehead atoms. The van der Waals surface area contributed by atoms with Gasteiger partial charge in [-0.3, -0.25) is 0 Å². The van der Waals surface area contributed by atoms with Crippen LogP contribution in [0.2, 0.25) is 5.28 Å². The van der Waals surface area contributed by atoms with Crippen molar-refractivity contribution in [1.82, 2.24) is 9.97 Å². The maximum absolute atomic E-state index is 5.67. The van der Waals surface area contributed by atoms with Crippen molar-refractivity contribution in [2.24, 2.45) is 0 Å². The first-order chi connectivity index (χ1) is 7.09. The van der Waals surface area contributed by atoms with Gasteiger partial charge in [-0.15, -0.1) is 0 Å². The largest absolute Gasteiger partial charge is 0.377 e. The third-order valence-corrected chi connectivity index (χ3v) is 2.32. The Morgan fingerprint density at radius 2 is 2.33 bits per heavy atom. The average molecular weight is 295 g/mol. The molecule has 0 aliphatic rings. The van der Waals surface area contributed by atoms with Crippen LogP contribution in [0.25, 0.3) is 0 Å². The fourth-order valence-electron chi connectivity index (χ4n) is 0.934. The third kappa shape index (κ3) is 4.77. The zero-order chi connectivity index (χ0) is 11.3. The lowest BCUT2D eigenvalue weighted by Crippen LogP contribution is -2.14. The summed E-state index contributed by atoms with van der Waals surface area (Å²) in [7, 11) is 0. The first-order valence-corrected chi connectivity index (χ1v) is 5.80. The first kappa shape index (κ1) is 12.7. The van der Waals surface area contributed by atoms with Crippen molar-refractivity contribution in [2.75, 3.05) is 18.5 Å². The molecule has 0 atom stereocenters. The second-order valence-electron chi connectivity index (χ2n) is 3.18. The van der Waals surface area contributed by atoms with Crippen LogP contribution in [0, 0.1) is 0 Å². The van der Waals surface area contributed by atoms with Crippen LogP contribution in [-0.2, 0) is 4.74 Å². The Bertz CT molecular complexity index is 322. The molecule has 0 spiro atoms. The van der Waals surface area contributed by atoms with Crippen molar-refractivity contribution in [3.05, 3.63) is 16.0 Å². The van der Waals surface area contributed by atoms with Gasteiger partial charge in [0.25, 0.3) is 0 Å². The van der Waals surface area contributed by atoms with E-state index >= 15 is 0 Å². The van der Waals surface area contributed by atoms with Gasteiger partial charge < -0.3 is 10.1 Å². The molecule has 1 heterocycles. The molecule has 0 aromatic carbocycles.